The molecule has 0 aliphatic heterocycles. The summed E-state index contributed by atoms with van der Waals surface area (Å²) in [5, 5.41) is 15.0. The minimum Gasteiger partial charge on any atom is -0.497 e. The number of nitro benzene ring substituents is 1. The van der Waals surface area contributed by atoms with Crippen LogP contribution in [0.4, 0.5) is 5.69 Å². The lowest BCUT2D eigenvalue weighted by atomic mass is 10.1. The molecule has 3 rings (SSSR count). The lowest BCUT2D eigenvalue weighted by molar-refractivity contribution is -0.384. The maximum atomic E-state index is 11.3. The van der Waals surface area contributed by atoms with E-state index in [0.29, 0.717) is 28.7 Å². The molecule has 0 fully saturated rings. The molecule has 0 spiro atoms. The van der Waals surface area contributed by atoms with Crippen molar-refractivity contribution in [1.82, 2.24) is 5.32 Å². The number of nitrogens with one attached hydrogen (secondary N) is 1. The summed E-state index contributed by atoms with van der Waals surface area (Å²) in [5.41, 5.74) is 1.24. The van der Waals surface area contributed by atoms with Crippen molar-refractivity contribution in [2.45, 2.75) is 19.5 Å². The van der Waals surface area contributed by atoms with Crippen molar-refractivity contribution in [1.29, 1.82) is 0 Å². The molecular formula is C21H21ClN2O5. The van der Waals surface area contributed by atoms with Crippen molar-refractivity contribution in [2.75, 3.05) is 14.2 Å². The summed E-state index contributed by atoms with van der Waals surface area (Å²) in [6.45, 7) is 2.44. The Morgan fingerprint density at radius 3 is 2.62 bits per heavy atom. The lowest BCUT2D eigenvalue weighted by Gasteiger charge is -2.17. The largest absolute Gasteiger partial charge is 0.497 e. The third-order valence-corrected chi connectivity index (χ3v) is 4.80. The van der Waals surface area contributed by atoms with E-state index in [1.165, 1.54) is 6.07 Å². The van der Waals surface area contributed by atoms with E-state index in [2.05, 4.69) is 5.32 Å². The average molecular weight is 417 g/mol. The first-order chi connectivity index (χ1) is 13.9. The van der Waals surface area contributed by atoms with Crippen LogP contribution in [0.15, 0.2) is 52.9 Å². The third-order valence-electron chi connectivity index (χ3n) is 4.57. The van der Waals surface area contributed by atoms with E-state index in [-0.39, 0.29) is 11.7 Å². The van der Waals surface area contributed by atoms with Gasteiger partial charge in [-0.3, -0.25) is 10.1 Å². The zero-order valence-corrected chi connectivity index (χ0v) is 17.0. The summed E-state index contributed by atoms with van der Waals surface area (Å²) in [7, 11) is 3.24. The van der Waals surface area contributed by atoms with Crippen LogP contribution in [-0.2, 0) is 6.54 Å². The first kappa shape index (κ1) is 20.7. The molecule has 1 N–H and O–H groups in total. The highest BCUT2D eigenvalue weighted by Crippen LogP contribution is 2.34. The molecule has 1 unspecified atom stereocenters. The Morgan fingerprint density at radius 1 is 1.14 bits per heavy atom. The number of nitrogens with zero attached hydrogens (tertiary/aromatic N) is 1. The summed E-state index contributed by atoms with van der Waals surface area (Å²) >= 11 is 5.88. The van der Waals surface area contributed by atoms with Crippen LogP contribution in [0, 0.1) is 10.1 Å². The van der Waals surface area contributed by atoms with E-state index in [4.69, 9.17) is 25.5 Å². The van der Waals surface area contributed by atoms with E-state index < -0.39 is 4.92 Å². The van der Waals surface area contributed by atoms with Gasteiger partial charge in [0.15, 0.2) is 0 Å². The molecule has 29 heavy (non-hydrogen) atoms. The molecule has 7 nitrogen and oxygen atoms in total. The van der Waals surface area contributed by atoms with Crippen molar-refractivity contribution in [3.8, 4) is 22.8 Å². The monoisotopic (exact) mass is 416 g/mol. The van der Waals surface area contributed by atoms with Gasteiger partial charge in [0, 0.05) is 22.7 Å². The van der Waals surface area contributed by atoms with Gasteiger partial charge in [0.25, 0.3) is 5.69 Å². The predicted molar refractivity (Wildman–Crippen MR) is 111 cm³/mol. The average Bonchev–Trinajstić information content (AvgIpc) is 3.20. The predicted octanol–water partition coefficient (Wildman–Crippen LogP) is 5.38. The Labute approximate surface area is 173 Å². The molecule has 1 atom stereocenters. The molecule has 1 heterocycles. The van der Waals surface area contributed by atoms with E-state index in [9.17, 15) is 10.1 Å². The molecule has 8 heteroatoms. The van der Waals surface area contributed by atoms with Gasteiger partial charge in [0.05, 0.1) is 31.3 Å². The number of ether oxygens (including phenoxy) is 2. The maximum absolute atomic E-state index is 11.3. The molecule has 3 aromatic rings. The summed E-state index contributed by atoms with van der Waals surface area (Å²) in [4.78, 5) is 10.8. The number of hydrogen-bond acceptors (Lipinski definition) is 6. The van der Waals surface area contributed by atoms with Gasteiger partial charge in [-0.15, -0.1) is 0 Å². The first-order valence-corrected chi connectivity index (χ1v) is 9.29. The Balaban J connectivity index is 1.76. The number of hydrogen-bond donors (Lipinski definition) is 1. The van der Waals surface area contributed by atoms with Gasteiger partial charge in [0.1, 0.15) is 23.0 Å². The quantitative estimate of drug-likeness (QED) is 0.392. The van der Waals surface area contributed by atoms with Crippen LogP contribution in [0.25, 0.3) is 11.3 Å². The van der Waals surface area contributed by atoms with Crippen molar-refractivity contribution in [3.05, 3.63) is 75.0 Å². The topological polar surface area (TPSA) is 86.8 Å². The standard InChI is InChI=1S/C21H21ClN2O5/c1-13(18-11-15(27-2)5-8-20(18)28-3)23-12-16-6-9-21(29-16)17-7-4-14(22)10-19(17)24(25)26/h4-11,13,23H,12H2,1-3H3. The van der Waals surface area contributed by atoms with Crippen molar-refractivity contribution in [3.63, 3.8) is 0 Å². The second-order valence-electron chi connectivity index (χ2n) is 6.40. The minimum atomic E-state index is -0.473. The molecule has 0 aliphatic carbocycles. The van der Waals surface area contributed by atoms with Gasteiger partial charge in [-0.2, -0.15) is 0 Å². The van der Waals surface area contributed by atoms with E-state index in [1.54, 1.807) is 38.5 Å². The fourth-order valence-corrected chi connectivity index (χ4v) is 3.19. The molecule has 0 saturated heterocycles. The second-order valence-corrected chi connectivity index (χ2v) is 6.83. The molecule has 2 aromatic carbocycles. The fraction of sp³-hybridized carbons (Fsp3) is 0.238. The lowest BCUT2D eigenvalue weighted by Crippen LogP contribution is -2.18. The number of nitro groups is 1. The highest BCUT2D eigenvalue weighted by molar-refractivity contribution is 6.30. The van der Waals surface area contributed by atoms with Crippen LogP contribution in [-0.4, -0.2) is 19.1 Å². The Bertz CT molecular complexity index is 1020. The molecule has 0 bridgehead atoms. The summed E-state index contributed by atoms with van der Waals surface area (Å²) < 4.78 is 16.5. The van der Waals surface area contributed by atoms with Gasteiger partial charge in [-0.25, -0.2) is 0 Å². The van der Waals surface area contributed by atoms with E-state index in [0.717, 1.165) is 17.1 Å². The molecule has 0 aliphatic rings. The van der Waals surface area contributed by atoms with Gasteiger partial charge in [-0.05, 0) is 49.4 Å². The number of methoxy groups -OCH3 is 2. The van der Waals surface area contributed by atoms with Crippen molar-refractivity contribution >= 4 is 17.3 Å². The zero-order valence-electron chi connectivity index (χ0n) is 16.3. The molecule has 0 radical (unpaired) electrons. The zero-order chi connectivity index (χ0) is 21.0. The van der Waals surface area contributed by atoms with Crippen molar-refractivity contribution in [2.24, 2.45) is 0 Å². The second kappa shape index (κ2) is 8.98. The smallest absolute Gasteiger partial charge is 0.281 e. The maximum Gasteiger partial charge on any atom is 0.281 e. The number of furan rings is 1. The summed E-state index contributed by atoms with van der Waals surface area (Å²) in [6.07, 6.45) is 0. The number of halogens is 1. The van der Waals surface area contributed by atoms with Crippen LogP contribution in [0.1, 0.15) is 24.3 Å². The molecule has 1 aromatic heterocycles. The van der Waals surface area contributed by atoms with Gasteiger partial charge >= 0.3 is 0 Å². The van der Waals surface area contributed by atoms with Gasteiger partial charge < -0.3 is 19.2 Å². The number of rotatable bonds is 8. The van der Waals surface area contributed by atoms with Crippen LogP contribution >= 0.6 is 11.6 Å². The summed E-state index contributed by atoms with van der Waals surface area (Å²) in [6, 6.07) is 13.6. The van der Waals surface area contributed by atoms with E-state index in [1.807, 2.05) is 25.1 Å². The van der Waals surface area contributed by atoms with Gasteiger partial charge in [-0.1, -0.05) is 11.6 Å². The Morgan fingerprint density at radius 2 is 1.93 bits per heavy atom. The molecule has 152 valence electrons. The molecule has 0 saturated carbocycles. The summed E-state index contributed by atoms with van der Waals surface area (Å²) in [5.74, 6) is 2.56. The van der Waals surface area contributed by atoms with Gasteiger partial charge in [0.2, 0.25) is 0 Å². The third kappa shape index (κ3) is 4.70. The fourth-order valence-electron chi connectivity index (χ4n) is 3.02. The minimum absolute atomic E-state index is 0.0431. The highest BCUT2D eigenvalue weighted by atomic mass is 35.5. The highest BCUT2D eigenvalue weighted by Gasteiger charge is 2.19. The first-order valence-electron chi connectivity index (χ1n) is 8.91. The SMILES string of the molecule is COc1ccc(OC)c(C(C)NCc2ccc(-c3ccc(Cl)cc3[N+](=O)[O-])o2)c1. The van der Waals surface area contributed by atoms with Crippen LogP contribution < -0.4 is 14.8 Å². The normalized spacial score (nSPS) is 11.9. The van der Waals surface area contributed by atoms with E-state index >= 15 is 0 Å². The Hall–Kier alpha value is -3.03. The van der Waals surface area contributed by atoms with Crippen LogP contribution in [0.3, 0.4) is 0 Å². The molecule has 0 amide bonds. The van der Waals surface area contributed by atoms with Crippen LogP contribution in [0.2, 0.25) is 5.02 Å². The number of benzene rings is 2. The van der Waals surface area contributed by atoms with Crippen molar-refractivity contribution < 1.29 is 18.8 Å². The van der Waals surface area contributed by atoms with Crippen LogP contribution in [0.5, 0.6) is 11.5 Å². The Kier molecular flexibility index (Phi) is 6.41. The molecular weight excluding hydrogens is 396 g/mol.